The predicted molar refractivity (Wildman–Crippen MR) is 68.4 cm³/mol. The third-order valence-electron chi connectivity index (χ3n) is 2.68. The molecular weight excluding hydrogens is 284 g/mol. The average molecular weight is 296 g/mol. The first-order chi connectivity index (χ1) is 9.71. The van der Waals surface area contributed by atoms with Crippen LogP contribution in [0.4, 0.5) is 0 Å². The molecule has 8 nitrogen and oxygen atoms in total. The third kappa shape index (κ3) is 3.25. The van der Waals surface area contributed by atoms with Crippen molar-refractivity contribution in [3.8, 4) is 5.75 Å². The van der Waals surface area contributed by atoms with Gasteiger partial charge in [-0.25, -0.2) is 9.59 Å². The van der Waals surface area contributed by atoms with Crippen LogP contribution in [-0.4, -0.2) is 55.0 Å². The predicted octanol–water partition coefficient (Wildman–Crippen LogP) is -0.764. The molecule has 21 heavy (non-hydrogen) atoms. The first-order valence-electron chi connectivity index (χ1n) is 5.58. The molecular formula is C13H12O8. The first-order valence-corrected chi connectivity index (χ1v) is 5.58. The zero-order chi connectivity index (χ0) is 16.2. The lowest BCUT2D eigenvalue weighted by atomic mass is 9.91. The fourth-order valence-electron chi connectivity index (χ4n) is 1.46. The van der Waals surface area contributed by atoms with Crippen molar-refractivity contribution in [1.82, 2.24) is 0 Å². The monoisotopic (exact) mass is 296 g/mol. The molecule has 1 rings (SSSR count). The molecule has 0 radical (unpaired) electrons. The summed E-state index contributed by atoms with van der Waals surface area (Å²) in [7, 11) is 0. The summed E-state index contributed by atoms with van der Waals surface area (Å²) >= 11 is 0. The van der Waals surface area contributed by atoms with Gasteiger partial charge in [0, 0.05) is 5.56 Å². The molecule has 1 aromatic rings. The number of phenols is 1. The quantitative estimate of drug-likeness (QED) is 0.339. The van der Waals surface area contributed by atoms with E-state index in [-0.39, 0.29) is 11.3 Å². The van der Waals surface area contributed by atoms with Gasteiger partial charge in [-0.05, 0) is 18.2 Å². The molecule has 0 aromatic heterocycles. The van der Waals surface area contributed by atoms with E-state index in [2.05, 4.69) is 0 Å². The number of rotatable bonds is 6. The molecule has 2 unspecified atom stereocenters. The largest absolute Gasteiger partial charge is 0.507 e. The second-order valence-corrected chi connectivity index (χ2v) is 4.07. The number of aliphatic hydroxyl groups excluding tert-OH is 1. The van der Waals surface area contributed by atoms with Gasteiger partial charge in [-0.3, -0.25) is 4.79 Å². The molecule has 0 aliphatic carbocycles. The maximum Gasteiger partial charge on any atom is 0.347 e. The molecule has 0 amide bonds. The van der Waals surface area contributed by atoms with Gasteiger partial charge in [0.05, 0.1) is 0 Å². The van der Waals surface area contributed by atoms with E-state index in [1.54, 1.807) is 0 Å². The van der Waals surface area contributed by atoms with Gasteiger partial charge in [0.2, 0.25) is 5.78 Å². The number of aliphatic carboxylic acids is 2. The summed E-state index contributed by atoms with van der Waals surface area (Å²) in [5, 5.41) is 45.7. The summed E-state index contributed by atoms with van der Waals surface area (Å²) in [6.07, 6.45) is -1.29. The van der Waals surface area contributed by atoms with Crippen LogP contribution in [0.3, 0.4) is 0 Å². The molecule has 0 heterocycles. The Labute approximate surface area is 118 Å². The Balaban J connectivity index is 3.12. The summed E-state index contributed by atoms with van der Waals surface area (Å²) in [5.74, 6) is -6.03. The van der Waals surface area contributed by atoms with Crippen LogP contribution in [-0.2, 0) is 14.4 Å². The van der Waals surface area contributed by atoms with E-state index in [1.807, 2.05) is 0 Å². The molecule has 5 N–H and O–H groups in total. The van der Waals surface area contributed by atoms with E-state index in [0.29, 0.717) is 6.08 Å². The van der Waals surface area contributed by atoms with E-state index < -0.39 is 29.4 Å². The molecule has 0 spiro atoms. The number of aromatic hydroxyl groups is 1. The van der Waals surface area contributed by atoms with Gasteiger partial charge >= 0.3 is 11.9 Å². The number of benzene rings is 1. The maximum atomic E-state index is 11.7. The second kappa shape index (κ2) is 6.16. The molecule has 0 aliphatic rings. The van der Waals surface area contributed by atoms with Gasteiger partial charge in [-0.15, -0.1) is 0 Å². The highest BCUT2D eigenvalue weighted by Gasteiger charge is 2.53. The van der Waals surface area contributed by atoms with E-state index in [0.717, 1.165) is 6.08 Å². The number of carboxylic acid groups (broad SMARTS) is 2. The zero-order valence-electron chi connectivity index (χ0n) is 10.5. The van der Waals surface area contributed by atoms with Crippen molar-refractivity contribution in [3.63, 3.8) is 0 Å². The fraction of sp³-hybridized carbons (Fsp3) is 0.154. The van der Waals surface area contributed by atoms with Gasteiger partial charge in [0.1, 0.15) is 5.75 Å². The van der Waals surface area contributed by atoms with Gasteiger partial charge in [-0.2, -0.15) is 0 Å². The van der Waals surface area contributed by atoms with Crippen LogP contribution in [0.15, 0.2) is 30.3 Å². The number of hydrogen-bond donors (Lipinski definition) is 5. The maximum absolute atomic E-state index is 11.7. The Kier molecular flexibility index (Phi) is 4.79. The van der Waals surface area contributed by atoms with Crippen molar-refractivity contribution < 1.29 is 39.9 Å². The highest BCUT2D eigenvalue weighted by atomic mass is 16.4. The highest BCUT2D eigenvalue weighted by molar-refractivity contribution is 6.16. The van der Waals surface area contributed by atoms with Crippen molar-refractivity contribution in [3.05, 3.63) is 35.9 Å². The van der Waals surface area contributed by atoms with Crippen LogP contribution in [0, 0.1) is 0 Å². The van der Waals surface area contributed by atoms with E-state index in [9.17, 15) is 29.7 Å². The SMILES string of the molecule is O=C(O)C(O)C(O)(C(=O)O)C(=O)C=Cc1ccccc1O. The van der Waals surface area contributed by atoms with Gasteiger partial charge in [-0.1, -0.05) is 18.2 Å². The second-order valence-electron chi connectivity index (χ2n) is 4.07. The summed E-state index contributed by atoms with van der Waals surface area (Å²) in [5.41, 5.74) is -3.38. The highest BCUT2D eigenvalue weighted by Crippen LogP contribution is 2.19. The van der Waals surface area contributed by atoms with Crippen LogP contribution in [0.1, 0.15) is 5.56 Å². The first kappa shape index (κ1) is 16.3. The summed E-state index contributed by atoms with van der Waals surface area (Å²) in [4.78, 5) is 33.2. The minimum Gasteiger partial charge on any atom is -0.507 e. The van der Waals surface area contributed by atoms with Crippen molar-refractivity contribution in [2.24, 2.45) is 0 Å². The number of carbonyl (C=O) groups is 3. The Morgan fingerprint density at radius 1 is 1.14 bits per heavy atom. The summed E-state index contributed by atoms with van der Waals surface area (Å²) in [6.45, 7) is 0. The molecule has 2 atom stereocenters. The Bertz CT molecular complexity index is 606. The van der Waals surface area contributed by atoms with Crippen molar-refractivity contribution >= 4 is 23.8 Å². The molecule has 0 saturated carbocycles. The lowest BCUT2D eigenvalue weighted by Crippen LogP contribution is -2.58. The van der Waals surface area contributed by atoms with E-state index >= 15 is 0 Å². The zero-order valence-corrected chi connectivity index (χ0v) is 10.5. The molecule has 0 bridgehead atoms. The van der Waals surface area contributed by atoms with E-state index in [4.69, 9.17) is 10.2 Å². The lowest BCUT2D eigenvalue weighted by molar-refractivity contribution is -0.184. The van der Waals surface area contributed by atoms with Gasteiger partial charge in [0.15, 0.2) is 6.10 Å². The standard InChI is InChI=1S/C13H12O8/c14-8-4-2-1-3-7(8)5-6-9(15)13(21,12(19)20)10(16)11(17)18/h1-6,10,14,16,21H,(H,17,18)(H,19,20). The van der Waals surface area contributed by atoms with Crippen LogP contribution in [0.2, 0.25) is 0 Å². The van der Waals surface area contributed by atoms with Crippen LogP contribution in [0.25, 0.3) is 6.08 Å². The Hall–Kier alpha value is -2.71. The van der Waals surface area contributed by atoms with E-state index in [1.165, 1.54) is 24.3 Å². The normalized spacial score (nSPS) is 15.3. The number of para-hydroxylation sites is 1. The topological polar surface area (TPSA) is 152 Å². The Morgan fingerprint density at radius 2 is 1.71 bits per heavy atom. The van der Waals surface area contributed by atoms with Crippen molar-refractivity contribution in [1.29, 1.82) is 0 Å². The minimum absolute atomic E-state index is 0.142. The van der Waals surface area contributed by atoms with Gasteiger partial charge in [0.25, 0.3) is 5.60 Å². The fourth-order valence-corrected chi connectivity index (χ4v) is 1.46. The average Bonchev–Trinajstić information content (AvgIpc) is 2.43. The van der Waals surface area contributed by atoms with Crippen molar-refractivity contribution in [2.45, 2.75) is 11.7 Å². The van der Waals surface area contributed by atoms with Crippen LogP contribution in [0.5, 0.6) is 5.75 Å². The lowest BCUT2D eigenvalue weighted by Gasteiger charge is -2.22. The molecule has 0 saturated heterocycles. The summed E-state index contributed by atoms with van der Waals surface area (Å²) in [6, 6.07) is 5.74. The molecule has 0 fully saturated rings. The number of carboxylic acids is 2. The van der Waals surface area contributed by atoms with Gasteiger partial charge < -0.3 is 25.5 Å². The van der Waals surface area contributed by atoms with Crippen molar-refractivity contribution in [2.75, 3.05) is 0 Å². The molecule has 1 aromatic carbocycles. The van der Waals surface area contributed by atoms with Crippen LogP contribution < -0.4 is 0 Å². The number of ketones is 1. The number of hydrogen-bond acceptors (Lipinski definition) is 6. The molecule has 112 valence electrons. The number of aliphatic hydroxyl groups is 2. The summed E-state index contributed by atoms with van der Waals surface area (Å²) < 4.78 is 0. The number of phenolic OH excluding ortho intramolecular Hbond substituents is 1. The number of carbonyl (C=O) groups excluding carboxylic acids is 1. The smallest absolute Gasteiger partial charge is 0.347 e. The van der Waals surface area contributed by atoms with Crippen LogP contribution >= 0.6 is 0 Å². The molecule has 0 aliphatic heterocycles. The Morgan fingerprint density at radius 3 is 2.19 bits per heavy atom. The minimum atomic E-state index is -3.52. The molecule has 8 heteroatoms. The third-order valence-corrected chi connectivity index (χ3v) is 2.68.